The van der Waals surface area contributed by atoms with Crippen LogP contribution in [0.3, 0.4) is 0 Å². The molecule has 2 N–H and O–H groups in total. The van der Waals surface area contributed by atoms with E-state index in [-0.39, 0.29) is 12.2 Å². The minimum atomic E-state index is -0.948. The lowest BCUT2D eigenvalue weighted by Gasteiger charge is -2.27. The van der Waals surface area contributed by atoms with E-state index < -0.39 is 5.97 Å². The molecule has 1 aliphatic rings. The monoisotopic (exact) mass is 213 g/mol. The minimum absolute atomic E-state index is 0.0728. The van der Waals surface area contributed by atoms with Crippen molar-refractivity contribution in [1.82, 2.24) is 4.90 Å². The zero-order chi connectivity index (χ0) is 11.3. The Kier molecular flexibility index (Phi) is 4.78. The largest absolute Gasteiger partial charge is 0.478 e. The molecule has 0 aliphatic heterocycles. The maximum Gasteiger partial charge on any atom is 0.332 e. The third kappa shape index (κ3) is 3.64. The highest BCUT2D eigenvalue weighted by molar-refractivity contribution is 5.86. The van der Waals surface area contributed by atoms with Gasteiger partial charge in [0.1, 0.15) is 0 Å². The summed E-state index contributed by atoms with van der Waals surface area (Å²) in [6, 6.07) is 0.424. The van der Waals surface area contributed by atoms with Crippen molar-refractivity contribution >= 4 is 5.97 Å². The fourth-order valence-electron chi connectivity index (χ4n) is 2.10. The van der Waals surface area contributed by atoms with Crippen LogP contribution in [0.2, 0.25) is 0 Å². The molecular formula is C11H19NO3. The normalized spacial score (nSPS) is 17.2. The molecule has 0 aromatic carbocycles. The summed E-state index contributed by atoms with van der Waals surface area (Å²) in [5.74, 6) is -0.948. The summed E-state index contributed by atoms with van der Waals surface area (Å²) in [4.78, 5) is 12.7. The number of nitrogens with zero attached hydrogens (tertiary/aromatic N) is 1. The third-order valence-electron chi connectivity index (χ3n) is 2.92. The van der Waals surface area contributed by atoms with Crippen LogP contribution in [0.4, 0.5) is 0 Å². The summed E-state index contributed by atoms with van der Waals surface area (Å²) in [6.45, 7) is 4.50. The molecule has 0 unspecified atom stereocenters. The Labute approximate surface area is 90.2 Å². The molecule has 0 aromatic rings. The number of aliphatic hydroxyl groups excluding tert-OH is 1. The molecule has 0 atom stereocenters. The van der Waals surface area contributed by atoms with Gasteiger partial charge in [-0.15, -0.1) is 0 Å². The lowest BCUT2D eigenvalue weighted by Crippen LogP contribution is -2.38. The van der Waals surface area contributed by atoms with Crippen molar-refractivity contribution in [2.75, 3.05) is 19.7 Å². The molecule has 86 valence electrons. The summed E-state index contributed by atoms with van der Waals surface area (Å²) in [7, 11) is 0. The highest BCUT2D eigenvalue weighted by Gasteiger charge is 2.23. The summed E-state index contributed by atoms with van der Waals surface area (Å²) < 4.78 is 0. The van der Waals surface area contributed by atoms with Crippen LogP contribution >= 0.6 is 0 Å². The van der Waals surface area contributed by atoms with Gasteiger partial charge in [-0.1, -0.05) is 19.4 Å². The molecule has 0 aromatic heterocycles. The molecule has 4 nitrogen and oxygen atoms in total. The molecule has 0 saturated heterocycles. The highest BCUT2D eigenvalue weighted by Crippen LogP contribution is 2.23. The quantitative estimate of drug-likeness (QED) is 0.643. The average Bonchev–Trinajstić information content (AvgIpc) is 2.69. The molecule has 0 radical (unpaired) electrons. The SMILES string of the molecule is C=C(CN(CCO)C1CCCC1)C(=O)O. The van der Waals surface area contributed by atoms with Crippen molar-refractivity contribution < 1.29 is 15.0 Å². The Morgan fingerprint density at radius 3 is 2.47 bits per heavy atom. The van der Waals surface area contributed by atoms with Gasteiger partial charge in [0, 0.05) is 24.7 Å². The van der Waals surface area contributed by atoms with Crippen LogP contribution in [0, 0.1) is 0 Å². The first-order chi connectivity index (χ1) is 7.15. The second-order valence-electron chi connectivity index (χ2n) is 4.04. The molecule has 1 saturated carbocycles. The van der Waals surface area contributed by atoms with Gasteiger partial charge in [-0.05, 0) is 12.8 Å². The zero-order valence-electron chi connectivity index (χ0n) is 8.98. The Morgan fingerprint density at radius 1 is 1.40 bits per heavy atom. The molecule has 4 heteroatoms. The van der Waals surface area contributed by atoms with E-state index in [0.717, 1.165) is 12.8 Å². The van der Waals surface area contributed by atoms with E-state index in [1.54, 1.807) is 0 Å². The Balaban J connectivity index is 2.49. The first-order valence-electron chi connectivity index (χ1n) is 5.41. The van der Waals surface area contributed by atoms with Crippen LogP contribution in [0.25, 0.3) is 0 Å². The summed E-state index contributed by atoms with van der Waals surface area (Å²) in [5, 5.41) is 17.7. The maximum absolute atomic E-state index is 10.7. The average molecular weight is 213 g/mol. The molecule has 0 heterocycles. The number of hydrogen-bond donors (Lipinski definition) is 2. The lowest BCUT2D eigenvalue weighted by atomic mass is 10.2. The number of aliphatic carboxylic acids is 1. The van der Waals surface area contributed by atoms with Crippen LogP contribution in [0.15, 0.2) is 12.2 Å². The van der Waals surface area contributed by atoms with E-state index in [0.29, 0.717) is 19.1 Å². The van der Waals surface area contributed by atoms with Crippen LogP contribution in [-0.2, 0) is 4.79 Å². The Bertz CT molecular complexity index is 234. The molecule has 0 spiro atoms. The first kappa shape index (κ1) is 12.2. The standard InChI is InChI=1S/C11H19NO3/c1-9(11(14)15)8-12(6-7-13)10-4-2-3-5-10/h10,13H,1-8H2,(H,14,15). The minimum Gasteiger partial charge on any atom is -0.478 e. The van der Waals surface area contributed by atoms with Gasteiger partial charge in [0.2, 0.25) is 0 Å². The summed E-state index contributed by atoms with van der Waals surface area (Å²) in [5.41, 5.74) is 0.204. The van der Waals surface area contributed by atoms with Crippen LogP contribution < -0.4 is 0 Å². The smallest absolute Gasteiger partial charge is 0.332 e. The van der Waals surface area contributed by atoms with Gasteiger partial charge in [-0.2, -0.15) is 0 Å². The Hall–Kier alpha value is -0.870. The number of hydrogen-bond acceptors (Lipinski definition) is 3. The van der Waals surface area contributed by atoms with E-state index >= 15 is 0 Å². The molecule has 1 fully saturated rings. The van der Waals surface area contributed by atoms with Crippen molar-refractivity contribution in [3.05, 3.63) is 12.2 Å². The zero-order valence-corrected chi connectivity index (χ0v) is 8.98. The second kappa shape index (κ2) is 5.88. The van der Waals surface area contributed by atoms with E-state index in [1.807, 2.05) is 4.90 Å². The predicted octanol–water partition coefficient (Wildman–Crippen LogP) is 0.864. The summed E-state index contributed by atoms with van der Waals surface area (Å²) >= 11 is 0. The molecule has 0 amide bonds. The maximum atomic E-state index is 10.7. The van der Waals surface area contributed by atoms with Gasteiger partial charge in [-0.3, -0.25) is 4.90 Å². The number of aliphatic hydroxyl groups is 1. The van der Waals surface area contributed by atoms with E-state index in [2.05, 4.69) is 6.58 Å². The fraction of sp³-hybridized carbons (Fsp3) is 0.727. The van der Waals surface area contributed by atoms with E-state index in [9.17, 15) is 4.79 Å². The van der Waals surface area contributed by atoms with Gasteiger partial charge in [0.15, 0.2) is 0 Å². The second-order valence-corrected chi connectivity index (χ2v) is 4.04. The topological polar surface area (TPSA) is 60.8 Å². The van der Waals surface area contributed by atoms with Crippen LogP contribution in [0.5, 0.6) is 0 Å². The van der Waals surface area contributed by atoms with Gasteiger partial charge >= 0.3 is 5.97 Å². The van der Waals surface area contributed by atoms with Gasteiger partial charge < -0.3 is 10.2 Å². The molecule has 0 bridgehead atoms. The van der Waals surface area contributed by atoms with Crippen LogP contribution in [0.1, 0.15) is 25.7 Å². The highest BCUT2D eigenvalue weighted by atomic mass is 16.4. The van der Waals surface area contributed by atoms with Crippen molar-refractivity contribution in [1.29, 1.82) is 0 Å². The summed E-state index contributed by atoms with van der Waals surface area (Å²) in [6.07, 6.45) is 4.61. The number of rotatable bonds is 6. The van der Waals surface area contributed by atoms with E-state index in [4.69, 9.17) is 10.2 Å². The number of carboxylic acid groups (broad SMARTS) is 1. The van der Waals surface area contributed by atoms with Crippen molar-refractivity contribution in [3.63, 3.8) is 0 Å². The molecule has 1 aliphatic carbocycles. The molecule has 1 rings (SSSR count). The van der Waals surface area contributed by atoms with Crippen molar-refractivity contribution in [2.24, 2.45) is 0 Å². The van der Waals surface area contributed by atoms with Gasteiger partial charge in [0.25, 0.3) is 0 Å². The van der Waals surface area contributed by atoms with E-state index in [1.165, 1.54) is 12.8 Å². The lowest BCUT2D eigenvalue weighted by molar-refractivity contribution is -0.133. The Morgan fingerprint density at radius 2 is 2.00 bits per heavy atom. The van der Waals surface area contributed by atoms with Crippen molar-refractivity contribution in [3.8, 4) is 0 Å². The predicted molar refractivity (Wildman–Crippen MR) is 57.7 cm³/mol. The van der Waals surface area contributed by atoms with Crippen molar-refractivity contribution in [2.45, 2.75) is 31.7 Å². The van der Waals surface area contributed by atoms with Gasteiger partial charge in [0.05, 0.1) is 6.61 Å². The molecule has 15 heavy (non-hydrogen) atoms. The van der Waals surface area contributed by atoms with Crippen LogP contribution in [-0.4, -0.2) is 46.8 Å². The number of carbonyl (C=O) groups is 1. The molecular weight excluding hydrogens is 194 g/mol. The van der Waals surface area contributed by atoms with Gasteiger partial charge in [-0.25, -0.2) is 4.79 Å². The third-order valence-corrected chi connectivity index (χ3v) is 2.92. The number of carboxylic acids is 1. The fourth-order valence-corrected chi connectivity index (χ4v) is 2.10. The first-order valence-corrected chi connectivity index (χ1v) is 5.41.